The highest BCUT2D eigenvalue weighted by molar-refractivity contribution is 5.78. The van der Waals surface area contributed by atoms with Crippen LogP contribution >= 0.6 is 0 Å². The zero-order valence-electron chi connectivity index (χ0n) is 11.0. The molecule has 0 aliphatic carbocycles. The highest BCUT2D eigenvalue weighted by Gasteiger charge is 2.32. The van der Waals surface area contributed by atoms with Gasteiger partial charge in [0, 0.05) is 26.2 Å². The first-order valence-corrected chi connectivity index (χ1v) is 6.60. The lowest BCUT2D eigenvalue weighted by Gasteiger charge is -2.30. The predicted octanol–water partition coefficient (Wildman–Crippen LogP) is 1.25. The quantitative estimate of drug-likeness (QED) is 0.797. The maximum absolute atomic E-state index is 12.4. The van der Waals surface area contributed by atoms with Crippen molar-refractivity contribution in [3.63, 3.8) is 0 Å². The Morgan fingerprint density at radius 3 is 2.37 bits per heavy atom. The third-order valence-corrected chi connectivity index (χ3v) is 3.10. The fourth-order valence-electron chi connectivity index (χ4n) is 2.20. The zero-order chi connectivity index (χ0) is 14.3. The van der Waals surface area contributed by atoms with E-state index >= 15 is 0 Å². The van der Waals surface area contributed by atoms with E-state index < -0.39 is 12.7 Å². The molecule has 0 atom stereocenters. The van der Waals surface area contributed by atoms with Crippen molar-refractivity contribution >= 4 is 5.91 Å². The molecule has 1 aliphatic heterocycles. The molecule has 0 aromatic heterocycles. The second-order valence-corrected chi connectivity index (χ2v) is 4.84. The van der Waals surface area contributed by atoms with Crippen molar-refractivity contribution in [1.29, 1.82) is 0 Å². The summed E-state index contributed by atoms with van der Waals surface area (Å²) in [7, 11) is 0. The first-order chi connectivity index (χ1) is 8.92. The van der Waals surface area contributed by atoms with E-state index in [0.29, 0.717) is 13.1 Å². The minimum atomic E-state index is -4.32. The van der Waals surface area contributed by atoms with Gasteiger partial charge in [0.25, 0.3) is 0 Å². The molecule has 0 bridgehead atoms. The van der Waals surface area contributed by atoms with Crippen molar-refractivity contribution in [2.45, 2.75) is 31.9 Å². The summed E-state index contributed by atoms with van der Waals surface area (Å²) in [6.45, 7) is -0.147. The lowest BCUT2D eigenvalue weighted by Crippen LogP contribution is -2.45. The van der Waals surface area contributed by atoms with Crippen molar-refractivity contribution in [3.05, 3.63) is 0 Å². The monoisotopic (exact) mass is 282 g/mol. The smallest absolute Gasteiger partial charge is 0.396 e. The van der Waals surface area contributed by atoms with Crippen LogP contribution in [0.2, 0.25) is 0 Å². The Morgan fingerprint density at radius 2 is 1.84 bits per heavy atom. The van der Waals surface area contributed by atoms with Crippen molar-refractivity contribution < 1.29 is 23.1 Å². The number of rotatable bonds is 6. The van der Waals surface area contributed by atoms with E-state index in [4.69, 9.17) is 5.11 Å². The van der Waals surface area contributed by atoms with Gasteiger partial charge in [-0.1, -0.05) is 0 Å². The van der Waals surface area contributed by atoms with Crippen LogP contribution < -0.4 is 0 Å². The number of nitrogens with zero attached hydrogens (tertiary/aromatic N) is 2. The van der Waals surface area contributed by atoms with E-state index in [2.05, 4.69) is 0 Å². The fraction of sp³-hybridized carbons (Fsp3) is 0.917. The van der Waals surface area contributed by atoms with Gasteiger partial charge < -0.3 is 10.0 Å². The Bertz CT molecular complexity index is 279. The molecule has 0 saturated carbocycles. The number of aliphatic hydroxyl groups is 1. The largest absolute Gasteiger partial charge is 0.401 e. The normalized spacial score (nSPS) is 17.0. The molecule has 1 aliphatic rings. The molecule has 0 radical (unpaired) electrons. The maximum Gasteiger partial charge on any atom is 0.401 e. The summed E-state index contributed by atoms with van der Waals surface area (Å²) in [5.74, 6) is -0.248. The SMILES string of the molecule is O=C(CN(CCCO)CC(F)(F)F)N1CCCCC1. The van der Waals surface area contributed by atoms with Gasteiger partial charge in [0.05, 0.1) is 13.1 Å². The predicted molar refractivity (Wildman–Crippen MR) is 64.6 cm³/mol. The molecule has 0 aromatic carbocycles. The number of likely N-dealkylation sites (tertiary alicyclic amines) is 1. The van der Waals surface area contributed by atoms with Crippen LogP contribution in [0.3, 0.4) is 0 Å². The number of halogens is 3. The number of carbonyl (C=O) groups excluding carboxylic acids is 1. The highest BCUT2D eigenvalue weighted by Crippen LogP contribution is 2.17. The molecule has 19 heavy (non-hydrogen) atoms. The van der Waals surface area contributed by atoms with E-state index in [-0.39, 0.29) is 32.0 Å². The van der Waals surface area contributed by atoms with Crippen LogP contribution in [0, 0.1) is 0 Å². The first-order valence-electron chi connectivity index (χ1n) is 6.60. The fourth-order valence-corrected chi connectivity index (χ4v) is 2.20. The van der Waals surface area contributed by atoms with E-state index in [1.165, 1.54) is 0 Å². The average molecular weight is 282 g/mol. The molecule has 1 amide bonds. The third-order valence-electron chi connectivity index (χ3n) is 3.10. The summed E-state index contributed by atoms with van der Waals surface area (Å²) in [4.78, 5) is 14.6. The summed E-state index contributed by atoms with van der Waals surface area (Å²) in [5.41, 5.74) is 0. The number of amides is 1. The minimum absolute atomic E-state index is 0.0790. The number of piperidine rings is 1. The molecule has 7 heteroatoms. The van der Waals surface area contributed by atoms with Gasteiger partial charge in [-0.2, -0.15) is 13.2 Å². The Morgan fingerprint density at radius 1 is 1.21 bits per heavy atom. The number of aliphatic hydroxyl groups excluding tert-OH is 1. The molecule has 0 spiro atoms. The van der Waals surface area contributed by atoms with Gasteiger partial charge in [-0.15, -0.1) is 0 Å². The summed E-state index contributed by atoms with van der Waals surface area (Å²) in [6, 6.07) is 0. The van der Waals surface area contributed by atoms with Crippen LogP contribution in [0.1, 0.15) is 25.7 Å². The molecule has 1 rings (SSSR count). The Hall–Kier alpha value is -0.820. The zero-order valence-corrected chi connectivity index (χ0v) is 11.0. The van der Waals surface area contributed by atoms with Crippen molar-refractivity contribution in [3.8, 4) is 0 Å². The molecular weight excluding hydrogens is 261 g/mol. The van der Waals surface area contributed by atoms with Crippen LogP contribution in [0.4, 0.5) is 13.2 Å². The van der Waals surface area contributed by atoms with Crippen LogP contribution in [-0.4, -0.2) is 66.3 Å². The van der Waals surface area contributed by atoms with Crippen LogP contribution in [0.25, 0.3) is 0 Å². The molecule has 1 heterocycles. The van der Waals surface area contributed by atoms with E-state index in [1.807, 2.05) is 0 Å². The molecule has 0 unspecified atom stereocenters. The summed E-state index contributed by atoms with van der Waals surface area (Å²) in [6.07, 6.45) is -1.18. The van der Waals surface area contributed by atoms with Gasteiger partial charge in [-0.05, 0) is 25.7 Å². The first kappa shape index (κ1) is 16.2. The van der Waals surface area contributed by atoms with Crippen LogP contribution in [0.15, 0.2) is 0 Å². The van der Waals surface area contributed by atoms with Crippen molar-refractivity contribution in [2.75, 3.05) is 39.3 Å². The lowest BCUT2D eigenvalue weighted by atomic mass is 10.1. The van der Waals surface area contributed by atoms with Gasteiger partial charge in [0.15, 0.2) is 0 Å². The molecule has 112 valence electrons. The molecule has 1 fully saturated rings. The molecule has 4 nitrogen and oxygen atoms in total. The van der Waals surface area contributed by atoms with Gasteiger partial charge in [-0.3, -0.25) is 9.69 Å². The summed E-state index contributed by atoms with van der Waals surface area (Å²) in [5, 5.41) is 8.69. The Kier molecular flexibility index (Phi) is 6.57. The van der Waals surface area contributed by atoms with Crippen LogP contribution in [-0.2, 0) is 4.79 Å². The van der Waals surface area contributed by atoms with Gasteiger partial charge in [-0.25, -0.2) is 0 Å². The summed E-state index contributed by atoms with van der Waals surface area (Å²) < 4.78 is 37.2. The van der Waals surface area contributed by atoms with E-state index in [9.17, 15) is 18.0 Å². The second kappa shape index (κ2) is 7.69. The van der Waals surface area contributed by atoms with Crippen molar-refractivity contribution in [2.24, 2.45) is 0 Å². The highest BCUT2D eigenvalue weighted by atomic mass is 19.4. The van der Waals surface area contributed by atoms with Crippen molar-refractivity contribution in [1.82, 2.24) is 9.80 Å². The van der Waals surface area contributed by atoms with Gasteiger partial charge >= 0.3 is 6.18 Å². The minimum Gasteiger partial charge on any atom is -0.396 e. The molecule has 0 aromatic rings. The molecule has 1 saturated heterocycles. The second-order valence-electron chi connectivity index (χ2n) is 4.84. The van der Waals surface area contributed by atoms with Gasteiger partial charge in [0.2, 0.25) is 5.91 Å². The maximum atomic E-state index is 12.4. The number of hydrogen-bond donors (Lipinski definition) is 1. The Labute approximate surface area is 111 Å². The van der Waals surface area contributed by atoms with Crippen LogP contribution in [0.5, 0.6) is 0 Å². The lowest BCUT2D eigenvalue weighted by molar-refractivity contribution is -0.152. The molecular formula is C12H21F3N2O2. The molecule has 1 N–H and O–H groups in total. The van der Waals surface area contributed by atoms with E-state index in [1.54, 1.807) is 4.90 Å². The number of hydrogen-bond acceptors (Lipinski definition) is 3. The topological polar surface area (TPSA) is 43.8 Å². The van der Waals surface area contributed by atoms with Gasteiger partial charge in [0.1, 0.15) is 0 Å². The third kappa shape index (κ3) is 6.77. The number of alkyl halides is 3. The summed E-state index contributed by atoms with van der Waals surface area (Å²) >= 11 is 0. The Balaban J connectivity index is 2.47. The standard InChI is InChI=1S/C12H21F3N2O2/c13-12(14,15)10-16(5-4-8-18)9-11(19)17-6-2-1-3-7-17/h18H,1-10H2. The number of carbonyl (C=O) groups is 1. The average Bonchev–Trinajstić information content (AvgIpc) is 2.35. The van der Waals surface area contributed by atoms with E-state index in [0.717, 1.165) is 24.2 Å².